The van der Waals surface area contributed by atoms with Gasteiger partial charge in [0, 0.05) is 44.5 Å². The maximum absolute atomic E-state index is 5.89. The summed E-state index contributed by atoms with van der Waals surface area (Å²) in [6.45, 7) is 7.91. The van der Waals surface area contributed by atoms with Crippen LogP contribution in [0.25, 0.3) is 0 Å². The van der Waals surface area contributed by atoms with Crippen molar-refractivity contribution in [3.63, 3.8) is 0 Å². The number of nitrogen functional groups attached to an aromatic ring is 1. The van der Waals surface area contributed by atoms with Crippen LogP contribution in [-0.2, 0) is 0 Å². The van der Waals surface area contributed by atoms with E-state index in [1.165, 1.54) is 26.2 Å². The first kappa shape index (κ1) is 14.2. The van der Waals surface area contributed by atoms with Gasteiger partial charge in [0.05, 0.1) is 6.10 Å². The molecule has 4 heteroatoms. The molecule has 1 fully saturated rings. The van der Waals surface area contributed by atoms with Crippen LogP contribution in [0.5, 0.6) is 5.75 Å². The lowest BCUT2D eigenvalue weighted by Crippen LogP contribution is -2.45. The Hall–Kier alpha value is -1.26. The molecule has 0 spiro atoms. The second-order valence-corrected chi connectivity index (χ2v) is 5.43. The zero-order valence-corrected chi connectivity index (χ0v) is 12.0. The number of hydrogen-bond donors (Lipinski definition) is 1. The summed E-state index contributed by atoms with van der Waals surface area (Å²) in [5, 5.41) is 0. The molecule has 0 bridgehead atoms. The normalized spacial score (nSPS) is 19.3. The van der Waals surface area contributed by atoms with Gasteiger partial charge >= 0.3 is 0 Å². The van der Waals surface area contributed by atoms with Crippen LogP contribution in [0.15, 0.2) is 24.3 Å². The summed E-state index contributed by atoms with van der Waals surface area (Å²) >= 11 is 0. The molecular weight excluding hydrogens is 238 g/mol. The van der Waals surface area contributed by atoms with E-state index in [4.69, 9.17) is 10.5 Å². The SMILES string of the molecule is CC(CCN1CCN(C)CC1)Oc1cccc(N)c1. The van der Waals surface area contributed by atoms with Gasteiger partial charge in [-0.25, -0.2) is 0 Å². The second kappa shape index (κ2) is 6.78. The number of benzene rings is 1. The number of nitrogens with zero attached hydrogens (tertiary/aromatic N) is 2. The molecule has 1 aromatic rings. The molecule has 1 aliphatic heterocycles. The number of nitrogens with two attached hydrogens (primary N) is 1. The molecule has 19 heavy (non-hydrogen) atoms. The molecule has 2 N–H and O–H groups in total. The predicted molar refractivity (Wildman–Crippen MR) is 79.5 cm³/mol. The molecule has 0 aromatic heterocycles. The third-order valence-electron chi connectivity index (χ3n) is 3.64. The van der Waals surface area contributed by atoms with Crippen LogP contribution in [-0.4, -0.2) is 55.7 Å². The minimum absolute atomic E-state index is 0.224. The highest BCUT2D eigenvalue weighted by Crippen LogP contribution is 2.17. The minimum Gasteiger partial charge on any atom is -0.491 e. The fourth-order valence-electron chi connectivity index (χ4n) is 2.31. The van der Waals surface area contributed by atoms with E-state index < -0.39 is 0 Å². The first-order chi connectivity index (χ1) is 9.13. The van der Waals surface area contributed by atoms with Crippen molar-refractivity contribution in [3.05, 3.63) is 24.3 Å². The van der Waals surface area contributed by atoms with E-state index in [-0.39, 0.29) is 6.10 Å². The van der Waals surface area contributed by atoms with E-state index in [9.17, 15) is 0 Å². The van der Waals surface area contributed by atoms with Gasteiger partial charge in [-0.1, -0.05) is 6.07 Å². The summed E-state index contributed by atoms with van der Waals surface area (Å²) in [6.07, 6.45) is 1.28. The van der Waals surface area contributed by atoms with E-state index in [0.29, 0.717) is 0 Å². The summed E-state index contributed by atoms with van der Waals surface area (Å²) < 4.78 is 5.89. The van der Waals surface area contributed by atoms with Crippen LogP contribution >= 0.6 is 0 Å². The van der Waals surface area contributed by atoms with Crippen molar-refractivity contribution >= 4 is 5.69 Å². The molecule has 0 saturated carbocycles. The van der Waals surface area contributed by atoms with Crippen LogP contribution in [0.1, 0.15) is 13.3 Å². The molecule has 0 aliphatic carbocycles. The molecule has 1 atom stereocenters. The van der Waals surface area contributed by atoms with Gasteiger partial charge in [-0.3, -0.25) is 0 Å². The smallest absolute Gasteiger partial charge is 0.121 e. The Labute approximate surface area is 116 Å². The molecule has 4 nitrogen and oxygen atoms in total. The number of ether oxygens (including phenoxy) is 1. The Balaban J connectivity index is 1.71. The fraction of sp³-hybridized carbons (Fsp3) is 0.600. The zero-order valence-electron chi connectivity index (χ0n) is 12.0. The van der Waals surface area contributed by atoms with Gasteiger partial charge in [-0.05, 0) is 32.5 Å². The van der Waals surface area contributed by atoms with Gasteiger partial charge in [0.2, 0.25) is 0 Å². The van der Waals surface area contributed by atoms with Crippen LogP contribution in [0.3, 0.4) is 0 Å². The summed E-state index contributed by atoms with van der Waals surface area (Å²) in [5.41, 5.74) is 6.50. The number of likely N-dealkylation sites (N-methyl/N-ethyl adjacent to an activating group) is 1. The highest BCUT2D eigenvalue weighted by Gasteiger charge is 2.14. The summed E-state index contributed by atoms with van der Waals surface area (Å²) in [4.78, 5) is 4.89. The van der Waals surface area contributed by atoms with Crippen molar-refractivity contribution < 1.29 is 4.74 Å². The van der Waals surface area contributed by atoms with Crippen molar-refractivity contribution in [3.8, 4) is 5.75 Å². The molecule has 0 radical (unpaired) electrons. The first-order valence-corrected chi connectivity index (χ1v) is 7.06. The lowest BCUT2D eigenvalue weighted by molar-refractivity contribution is 0.129. The molecule has 1 aliphatic rings. The summed E-state index contributed by atoms with van der Waals surface area (Å²) in [5.74, 6) is 0.867. The van der Waals surface area contributed by atoms with Gasteiger partial charge in [0.1, 0.15) is 5.75 Å². The van der Waals surface area contributed by atoms with Crippen molar-refractivity contribution in [1.82, 2.24) is 9.80 Å². The van der Waals surface area contributed by atoms with Gasteiger partial charge < -0.3 is 20.3 Å². The standard InChI is InChI=1S/C15H25N3O/c1-13(19-15-5-3-4-14(16)12-15)6-7-18-10-8-17(2)9-11-18/h3-5,12-13H,6-11,16H2,1-2H3. The number of rotatable bonds is 5. The lowest BCUT2D eigenvalue weighted by Gasteiger charge is -2.32. The number of anilines is 1. The van der Waals surface area contributed by atoms with Crippen molar-refractivity contribution in [2.24, 2.45) is 0 Å². The monoisotopic (exact) mass is 263 g/mol. The van der Waals surface area contributed by atoms with E-state index in [1.54, 1.807) is 0 Å². The maximum Gasteiger partial charge on any atom is 0.121 e. The fourth-order valence-corrected chi connectivity index (χ4v) is 2.31. The molecular formula is C15H25N3O. The minimum atomic E-state index is 0.224. The van der Waals surface area contributed by atoms with Crippen molar-refractivity contribution in [1.29, 1.82) is 0 Å². The highest BCUT2D eigenvalue weighted by molar-refractivity contribution is 5.43. The van der Waals surface area contributed by atoms with Crippen LogP contribution in [0.2, 0.25) is 0 Å². The Morgan fingerprint density at radius 2 is 2.00 bits per heavy atom. The predicted octanol–water partition coefficient (Wildman–Crippen LogP) is 1.67. The van der Waals surface area contributed by atoms with Gasteiger partial charge in [-0.2, -0.15) is 0 Å². The Kier molecular flexibility index (Phi) is 5.05. The Morgan fingerprint density at radius 3 is 2.68 bits per heavy atom. The van der Waals surface area contributed by atoms with Gasteiger partial charge in [0.15, 0.2) is 0 Å². The molecule has 1 saturated heterocycles. The lowest BCUT2D eigenvalue weighted by atomic mass is 10.2. The average Bonchev–Trinajstić information content (AvgIpc) is 2.38. The third-order valence-corrected chi connectivity index (χ3v) is 3.64. The molecule has 106 valence electrons. The number of piperazine rings is 1. The van der Waals surface area contributed by atoms with E-state index in [2.05, 4.69) is 23.8 Å². The average molecular weight is 263 g/mol. The van der Waals surface area contributed by atoms with E-state index in [1.807, 2.05) is 24.3 Å². The first-order valence-electron chi connectivity index (χ1n) is 7.06. The molecule has 1 aromatic carbocycles. The number of hydrogen-bond acceptors (Lipinski definition) is 4. The largest absolute Gasteiger partial charge is 0.491 e. The van der Waals surface area contributed by atoms with Gasteiger partial charge in [-0.15, -0.1) is 0 Å². The second-order valence-electron chi connectivity index (χ2n) is 5.43. The summed E-state index contributed by atoms with van der Waals surface area (Å²) in [6, 6.07) is 7.65. The Morgan fingerprint density at radius 1 is 1.26 bits per heavy atom. The summed E-state index contributed by atoms with van der Waals surface area (Å²) in [7, 11) is 2.18. The third kappa shape index (κ3) is 4.73. The van der Waals surface area contributed by atoms with Gasteiger partial charge in [0.25, 0.3) is 0 Å². The quantitative estimate of drug-likeness (QED) is 0.821. The van der Waals surface area contributed by atoms with E-state index in [0.717, 1.165) is 24.4 Å². The van der Waals surface area contributed by atoms with Crippen molar-refractivity contribution in [2.45, 2.75) is 19.4 Å². The molecule has 1 unspecified atom stereocenters. The zero-order chi connectivity index (χ0) is 13.7. The Bertz CT molecular complexity index is 389. The molecule has 0 amide bonds. The topological polar surface area (TPSA) is 41.7 Å². The van der Waals surface area contributed by atoms with Crippen LogP contribution in [0.4, 0.5) is 5.69 Å². The highest BCUT2D eigenvalue weighted by atomic mass is 16.5. The molecule has 1 heterocycles. The van der Waals surface area contributed by atoms with E-state index >= 15 is 0 Å². The van der Waals surface area contributed by atoms with Crippen LogP contribution in [0, 0.1) is 0 Å². The maximum atomic E-state index is 5.89. The van der Waals surface area contributed by atoms with Crippen LogP contribution < -0.4 is 10.5 Å². The molecule has 2 rings (SSSR count). The van der Waals surface area contributed by atoms with Crippen molar-refractivity contribution in [2.75, 3.05) is 45.5 Å².